The van der Waals surface area contributed by atoms with Gasteiger partial charge in [-0.3, -0.25) is 0 Å². The zero-order chi connectivity index (χ0) is 13.3. The Labute approximate surface area is 108 Å². The van der Waals surface area contributed by atoms with E-state index in [1.165, 1.54) is 16.2 Å². The number of hydrogen-bond donors (Lipinski definition) is 1. The number of alkyl halides is 3. The quantitative estimate of drug-likeness (QED) is 0.898. The molecule has 0 saturated heterocycles. The van der Waals surface area contributed by atoms with Gasteiger partial charge in [0.15, 0.2) is 5.13 Å². The zero-order valence-electron chi connectivity index (χ0n) is 10.3. The Balaban J connectivity index is 2.13. The summed E-state index contributed by atoms with van der Waals surface area (Å²) >= 11 is 1.33. The van der Waals surface area contributed by atoms with E-state index >= 15 is 0 Å². The SMILES string of the molecule is CNC(C)c1cnc(N(CC(F)(F)F)C2CC2)s1. The summed E-state index contributed by atoms with van der Waals surface area (Å²) in [5.41, 5.74) is 0. The topological polar surface area (TPSA) is 28.2 Å². The van der Waals surface area contributed by atoms with Gasteiger partial charge in [0.05, 0.1) is 0 Å². The average Bonchev–Trinajstić information content (AvgIpc) is 3.01. The third-order valence-corrected chi connectivity index (χ3v) is 4.17. The molecule has 0 bridgehead atoms. The number of thiazole rings is 1. The van der Waals surface area contributed by atoms with E-state index in [2.05, 4.69) is 10.3 Å². The predicted octanol–water partition coefficient (Wildman–Crippen LogP) is 2.95. The van der Waals surface area contributed by atoms with Crippen LogP contribution < -0.4 is 10.2 Å². The van der Waals surface area contributed by atoms with E-state index in [4.69, 9.17) is 0 Å². The normalized spacial score (nSPS) is 17.8. The van der Waals surface area contributed by atoms with Crippen LogP contribution in [0.25, 0.3) is 0 Å². The van der Waals surface area contributed by atoms with Crippen LogP contribution >= 0.6 is 11.3 Å². The Bertz CT molecular complexity index is 400. The number of nitrogens with one attached hydrogen (secondary N) is 1. The van der Waals surface area contributed by atoms with E-state index in [1.54, 1.807) is 6.20 Å². The summed E-state index contributed by atoms with van der Waals surface area (Å²) in [6, 6.07) is 0.124. The highest BCUT2D eigenvalue weighted by Crippen LogP contribution is 2.37. The van der Waals surface area contributed by atoms with Crippen LogP contribution in [0.15, 0.2) is 6.20 Å². The van der Waals surface area contributed by atoms with Gasteiger partial charge in [0, 0.05) is 23.2 Å². The van der Waals surface area contributed by atoms with Crippen LogP contribution in [0.3, 0.4) is 0 Å². The van der Waals surface area contributed by atoms with Crippen LogP contribution in [0.2, 0.25) is 0 Å². The molecular formula is C11H16F3N3S. The molecule has 1 heterocycles. The van der Waals surface area contributed by atoms with Crippen molar-refractivity contribution in [3.05, 3.63) is 11.1 Å². The monoisotopic (exact) mass is 279 g/mol. The molecule has 1 atom stereocenters. The molecule has 18 heavy (non-hydrogen) atoms. The zero-order valence-corrected chi connectivity index (χ0v) is 11.1. The Morgan fingerprint density at radius 1 is 1.56 bits per heavy atom. The molecule has 0 aromatic carbocycles. The van der Waals surface area contributed by atoms with Crippen molar-refractivity contribution in [3.63, 3.8) is 0 Å². The molecule has 0 radical (unpaired) electrons. The number of nitrogens with zero attached hydrogens (tertiary/aromatic N) is 2. The van der Waals surface area contributed by atoms with Gasteiger partial charge >= 0.3 is 6.18 Å². The van der Waals surface area contributed by atoms with Crippen LogP contribution in [-0.4, -0.2) is 30.8 Å². The average molecular weight is 279 g/mol. The van der Waals surface area contributed by atoms with Gasteiger partial charge in [-0.25, -0.2) is 4.98 Å². The molecule has 1 aromatic heterocycles. The van der Waals surface area contributed by atoms with Crippen LogP contribution in [-0.2, 0) is 0 Å². The summed E-state index contributed by atoms with van der Waals surface area (Å²) in [5, 5.41) is 3.53. The minimum atomic E-state index is -4.18. The van der Waals surface area contributed by atoms with Crippen molar-refractivity contribution in [2.24, 2.45) is 0 Å². The molecule has 0 amide bonds. The number of aromatic nitrogens is 1. The van der Waals surface area contributed by atoms with Gasteiger partial charge in [0.1, 0.15) is 6.54 Å². The van der Waals surface area contributed by atoms with Crippen molar-refractivity contribution >= 4 is 16.5 Å². The highest BCUT2D eigenvalue weighted by Gasteiger charge is 2.39. The summed E-state index contributed by atoms with van der Waals surface area (Å²) in [5.74, 6) is 0. The van der Waals surface area contributed by atoms with E-state index in [-0.39, 0.29) is 12.1 Å². The fraction of sp³-hybridized carbons (Fsp3) is 0.727. The second kappa shape index (κ2) is 5.05. The first-order valence-corrected chi connectivity index (χ1v) is 6.68. The molecule has 0 spiro atoms. The fourth-order valence-corrected chi connectivity index (χ4v) is 2.73. The van der Waals surface area contributed by atoms with Gasteiger partial charge in [-0.05, 0) is 26.8 Å². The Morgan fingerprint density at radius 3 is 2.72 bits per heavy atom. The first kappa shape index (κ1) is 13.6. The van der Waals surface area contributed by atoms with E-state index in [0.717, 1.165) is 17.7 Å². The molecule has 1 saturated carbocycles. The summed E-state index contributed by atoms with van der Waals surface area (Å²) in [6.45, 7) is 1.06. The van der Waals surface area contributed by atoms with E-state index in [0.29, 0.717) is 5.13 Å². The summed E-state index contributed by atoms with van der Waals surface area (Å²) in [7, 11) is 1.82. The van der Waals surface area contributed by atoms with E-state index in [9.17, 15) is 13.2 Å². The van der Waals surface area contributed by atoms with Gasteiger partial charge in [0.25, 0.3) is 0 Å². The highest BCUT2D eigenvalue weighted by molar-refractivity contribution is 7.15. The highest BCUT2D eigenvalue weighted by atomic mass is 32.1. The summed E-state index contributed by atoms with van der Waals surface area (Å²) in [4.78, 5) is 6.48. The molecule has 1 fully saturated rings. The maximum atomic E-state index is 12.5. The molecule has 1 N–H and O–H groups in total. The van der Waals surface area contributed by atoms with Crippen LogP contribution in [0.4, 0.5) is 18.3 Å². The smallest absolute Gasteiger partial charge is 0.336 e. The minimum Gasteiger partial charge on any atom is -0.336 e. The Kier molecular flexibility index (Phi) is 3.82. The van der Waals surface area contributed by atoms with Crippen molar-refractivity contribution in [3.8, 4) is 0 Å². The first-order valence-electron chi connectivity index (χ1n) is 5.87. The minimum absolute atomic E-state index is 0.00974. The van der Waals surface area contributed by atoms with Crippen LogP contribution in [0.1, 0.15) is 30.7 Å². The Morgan fingerprint density at radius 2 is 2.22 bits per heavy atom. The van der Waals surface area contributed by atoms with Crippen molar-refractivity contribution in [2.75, 3.05) is 18.5 Å². The lowest BCUT2D eigenvalue weighted by molar-refractivity contribution is -0.120. The largest absolute Gasteiger partial charge is 0.406 e. The number of halogens is 3. The third kappa shape index (κ3) is 3.35. The van der Waals surface area contributed by atoms with E-state index < -0.39 is 12.7 Å². The molecule has 1 unspecified atom stereocenters. The molecule has 0 aliphatic heterocycles. The van der Waals surface area contributed by atoms with Crippen molar-refractivity contribution < 1.29 is 13.2 Å². The van der Waals surface area contributed by atoms with Crippen molar-refractivity contribution in [2.45, 2.75) is 38.0 Å². The molecule has 2 rings (SSSR count). The van der Waals surface area contributed by atoms with Crippen LogP contribution in [0.5, 0.6) is 0 Å². The van der Waals surface area contributed by atoms with Gasteiger partial charge in [-0.15, -0.1) is 11.3 Å². The lowest BCUT2D eigenvalue weighted by Gasteiger charge is -2.22. The maximum Gasteiger partial charge on any atom is 0.406 e. The van der Waals surface area contributed by atoms with Crippen molar-refractivity contribution in [1.29, 1.82) is 0 Å². The summed E-state index contributed by atoms with van der Waals surface area (Å²) in [6.07, 6.45) is -0.866. The molecule has 1 aliphatic carbocycles. The molecular weight excluding hydrogens is 263 g/mol. The number of rotatable bonds is 5. The third-order valence-electron chi connectivity index (χ3n) is 2.95. The molecule has 1 aliphatic rings. The second-order valence-corrected chi connectivity index (χ2v) is 5.57. The number of anilines is 1. The van der Waals surface area contributed by atoms with Crippen LogP contribution in [0, 0.1) is 0 Å². The molecule has 102 valence electrons. The maximum absolute atomic E-state index is 12.5. The van der Waals surface area contributed by atoms with Gasteiger partial charge in [-0.1, -0.05) is 0 Å². The van der Waals surface area contributed by atoms with Gasteiger partial charge < -0.3 is 10.2 Å². The second-order valence-electron chi connectivity index (χ2n) is 4.53. The lowest BCUT2D eigenvalue weighted by Crippen LogP contribution is -2.35. The summed E-state index contributed by atoms with van der Waals surface area (Å²) < 4.78 is 37.6. The predicted molar refractivity (Wildman–Crippen MR) is 66.0 cm³/mol. The molecule has 3 nitrogen and oxygen atoms in total. The lowest BCUT2D eigenvalue weighted by atomic mass is 10.3. The van der Waals surface area contributed by atoms with Gasteiger partial charge in [0.2, 0.25) is 0 Å². The fourth-order valence-electron chi connectivity index (χ4n) is 1.68. The Hall–Kier alpha value is -0.820. The standard InChI is InChI=1S/C11H16F3N3S/c1-7(15-2)9-5-16-10(18-9)17(8-3-4-8)6-11(12,13)14/h5,7-8,15H,3-4,6H2,1-2H3. The number of hydrogen-bond acceptors (Lipinski definition) is 4. The molecule has 1 aromatic rings. The molecule has 7 heteroatoms. The van der Waals surface area contributed by atoms with E-state index in [1.807, 2.05) is 14.0 Å². The van der Waals surface area contributed by atoms with Crippen molar-refractivity contribution in [1.82, 2.24) is 10.3 Å². The van der Waals surface area contributed by atoms with Gasteiger partial charge in [-0.2, -0.15) is 13.2 Å². The first-order chi connectivity index (χ1) is 8.40.